The first-order valence-corrected chi connectivity index (χ1v) is 4.71. The second-order valence-electron chi connectivity index (χ2n) is 3.23. The highest BCUT2D eigenvalue weighted by atomic mass is 35.5. The van der Waals surface area contributed by atoms with E-state index in [2.05, 4.69) is 11.8 Å². The van der Waals surface area contributed by atoms with Crippen molar-refractivity contribution in [3.63, 3.8) is 0 Å². The van der Waals surface area contributed by atoms with Crippen LogP contribution in [-0.2, 0) is 0 Å². The molecule has 0 unspecified atom stereocenters. The van der Waals surface area contributed by atoms with Crippen molar-refractivity contribution in [3.05, 3.63) is 34.9 Å². The van der Waals surface area contributed by atoms with Crippen LogP contribution in [0.25, 0.3) is 0 Å². The van der Waals surface area contributed by atoms with E-state index in [0.717, 1.165) is 5.56 Å². The van der Waals surface area contributed by atoms with Crippen LogP contribution in [0.5, 0.6) is 0 Å². The van der Waals surface area contributed by atoms with Crippen molar-refractivity contribution >= 4 is 23.2 Å². The Morgan fingerprint density at radius 2 is 2.00 bits per heavy atom. The fraction of sp³-hybridized carbons (Fsp3) is 0.273. The molecule has 13 heavy (non-hydrogen) atoms. The van der Waals surface area contributed by atoms with Crippen molar-refractivity contribution in [1.29, 1.82) is 0 Å². The number of alkyl halides is 1. The maximum absolute atomic E-state index is 5.92. The molecule has 0 aliphatic carbocycles. The summed E-state index contributed by atoms with van der Waals surface area (Å²) >= 11 is 11.7. The minimum atomic E-state index is -0.484. The lowest BCUT2D eigenvalue weighted by molar-refractivity contribution is 0.917. The molecule has 1 rings (SSSR count). The van der Waals surface area contributed by atoms with E-state index >= 15 is 0 Å². The Balaban J connectivity index is 2.90. The van der Waals surface area contributed by atoms with E-state index in [1.165, 1.54) is 0 Å². The minimum Gasteiger partial charge on any atom is -0.106 e. The first-order chi connectivity index (χ1) is 5.97. The van der Waals surface area contributed by atoms with Crippen LogP contribution in [-0.4, -0.2) is 4.87 Å². The van der Waals surface area contributed by atoms with E-state index in [1.54, 1.807) is 0 Å². The van der Waals surface area contributed by atoms with Crippen molar-refractivity contribution in [2.75, 3.05) is 0 Å². The van der Waals surface area contributed by atoms with Crippen LogP contribution in [0, 0.1) is 11.8 Å². The summed E-state index contributed by atoms with van der Waals surface area (Å²) in [5, 5.41) is 0.694. The summed E-state index contributed by atoms with van der Waals surface area (Å²) in [6.45, 7) is 3.71. The van der Waals surface area contributed by atoms with Crippen molar-refractivity contribution in [2.45, 2.75) is 18.7 Å². The van der Waals surface area contributed by atoms with Crippen LogP contribution in [0.1, 0.15) is 19.4 Å². The lowest BCUT2D eigenvalue weighted by atomic mass is 10.1. The molecule has 0 aliphatic rings. The van der Waals surface area contributed by atoms with Crippen LogP contribution in [0.3, 0.4) is 0 Å². The molecule has 0 bridgehead atoms. The molecular formula is C11H10Cl2. The summed E-state index contributed by atoms with van der Waals surface area (Å²) in [4.78, 5) is -0.484. The zero-order valence-corrected chi connectivity index (χ0v) is 9.08. The molecule has 0 saturated heterocycles. The summed E-state index contributed by atoms with van der Waals surface area (Å²) in [6, 6.07) is 7.41. The molecule has 2 heteroatoms. The molecule has 0 aromatic heterocycles. The molecule has 0 N–H and O–H groups in total. The molecule has 0 atom stereocenters. The highest BCUT2D eigenvalue weighted by Gasteiger charge is 2.06. The second-order valence-corrected chi connectivity index (χ2v) is 4.61. The van der Waals surface area contributed by atoms with Gasteiger partial charge in [0.05, 0.1) is 4.87 Å². The van der Waals surface area contributed by atoms with Gasteiger partial charge in [-0.1, -0.05) is 29.5 Å². The van der Waals surface area contributed by atoms with Gasteiger partial charge in [0.15, 0.2) is 0 Å². The van der Waals surface area contributed by atoms with Gasteiger partial charge in [-0.05, 0) is 32.0 Å². The molecule has 0 saturated carbocycles. The van der Waals surface area contributed by atoms with Gasteiger partial charge in [-0.25, -0.2) is 0 Å². The van der Waals surface area contributed by atoms with Gasteiger partial charge in [0.1, 0.15) is 0 Å². The molecular weight excluding hydrogens is 203 g/mol. The third-order valence-electron chi connectivity index (χ3n) is 1.33. The third-order valence-corrected chi connectivity index (χ3v) is 1.66. The Kier molecular flexibility index (Phi) is 3.25. The van der Waals surface area contributed by atoms with Crippen molar-refractivity contribution in [2.24, 2.45) is 0 Å². The van der Waals surface area contributed by atoms with Gasteiger partial charge in [0.2, 0.25) is 0 Å². The van der Waals surface area contributed by atoms with Crippen LogP contribution in [0.2, 0.25) is 5.02 Å². The monoisotopic (exact) mass is 212 g/mol. The van der Waals surface area contributed by atoms with E-state index in [1.807, 2.05) is 38.1 Å². The Labute approximate surface area is 88.9 Å². The number of benzene rings is 1. The van der Waals surface area contributed by atoms with Crippen LogP contribution in [0.15, 0.2) is 24.3 Å². The minimum absolute atomic E-state index is 0.484. The summed E-state index contributed by atoms with van der Waals surface area (Å²) in [5.74, 6) is 5.88. The van der Waals surface area contributed by atoms with Crippen LogP contribution in [0.4, 0.5) is 0 Å². The Morgan fingerprint density at radius 3 is 2.54 bits per heavy atom. The standard InChI is InChI=1S/C11H10Cl2/c1-11(2,13)7-6-9-4-3-5-10(12)8-9/h3-5,8H,1-2H3. The predicted octanol–water partition coefficient (Wildman–Crippen LogP) is 3.71. The maximum atomic E-state index is 5.92. The fourth-order valence-electron chi connectivity index (χ4n) is 0.787. The summed E-state index contributed by atoms with van der Waals surface area (Å²) in [6.07, 6.45) is 0. The average Bonchev–Trinajstić information content (AvgIpc) is 2.00. The van der Waals surface area contributed by atoms with E-state index in [9.17, 15) is 0 Å². The molecule has 0 radical (unpaired) electrons. The van der Waals surface area contributed by atoms with Gasteiger partial charge >= 0.3 is 0 Å². The second kappa shape index (κ2) is 4.05. The highest BCUT2D eigenvalue weighted by Crippen LogP contribution is 2.12. The molecule has 0 nitrogen and oxygen atoms in total. The molecule has 1 aromatic carbocycles. The van der Waals surface area contributed by atoms with E-state index in [-0.39, 0.29) is 0 Å². The van der Waals surface area contributed by atoms with Gasteiger partial charge in [-0.2, -0.15) is 0 Å². The number of hydrogen-bond acceptors (Lipinski definition) is 0. The Hall–Kier alpha value is -0.640. The topological polar surface area (TPSA) is 0 Å². The normalized spacial score (nSPS) is 10.5. The Bertz CT molecular complexity index is 350. The zero-order chi connectivity index (χ0) is 9.90. The maximum Gasteiger partial charge on any atom is 0.0997 e. The SMILES string of the molecule is CC(C)(Cl)C#Cc1cccc(Cl)c1. The summed E-state index contributed by atoms with van der Waals surface area (Å²) in [5.41, 5.74) is 0.890. The number of halogens is 2. The Morgan fingerprint density at radius 1 is 1.31 bits per heavy atom. The van der Waals surface area contributed by atoms with E-state index < -0.39 is 4.87 Å². The van der Waals surface area contributed by atoms with Crippen LogP contribution >= 0.6 is 23.2 Å². The smallest absolute Gasteiger partial charge is 0.0997 e. The van der Waals surface area contributed by atoms with Gasteiger partial charge in [0, 0.05) is 10.6 Å². The first-order valence-electron chi connectivity index (χ1n) is 3.95. The molecule has 0 heterocycles. The lowest BCUT2D eigenvalue weighted by Gasteiger charge is -2.03. The van der Waals surface area contributed by atoms with Crippen molar-refractivity contribution in [3.8, 4) is 11.8 Å². The lowest BCUT2D eigenvalue weighted by Crippen LogP contribution is -2.04. The van der Waals surface area contributed by atoms with Crippen LogP contribution < -0.4 is 0 Å². The highest BCUT2D eigenvalue weighted by molar-refractivity contribution is 6.30. The average molecular weight is 213 g/mol. The van der Waals surface area contributed by atoms with Gasteiger partial charge in [-0.3, -0.25) is 0 Å². The summed E-state index contributed by atoms with van der Waals surface area (Å²) in [7, 11) is 0. The largest absolute Gasteiger partial charge is 0.106 e. The molecule has 0 amide bonds. The van der Waals surface area contributed by atoms with Crippen molar-refractivity contribution < 1.29 is 0 Å². The van der Waals surface area contributed by atoms with Gasteiger partial charge in [0.25, 0.3) is 0 Å². The van der Waals surface area contributed by atoms with E-state index in [4.69, 9.17) is 23.2 Å². The van der Waals surface area contributed by atoms with Gasteiger partial charge in [-0.15, -0.1) is 11.6 Å². The summed E-state index contributed by atoms with van der Waals surface area (Å²) < 4.78 is 0. The fourth-order valence-corrected chi connectivity index (χ4v) is 1.02. The predicted molar refractivity (Wildman–Crippen MR) is 58.3 cm³/mol. The number of hydrogen-bond donors (Lipinski definition) is 0. The van der Waals surface area contributed by atoms with E-state index in [0.29, 0.717) is 5.02 Å². The molecule has 0 aliphatic heterocycles. The molecule has 0 fully saturated rings. The third kappa shape index (κ3) is 4.22. The zero-order valence-electron chi connectivity index (χ0n) is 7.57. The molecule has 1 aromatic rings. The molecule has 0 spiro atoms. The quantitative estimate of drug-likeness (QED) is 0.455. The van der Waals surface area contributed by atoms with Gasteiger partial charge < -0.3 is 0 Å². The molecule has 68 valence electrons. The number of rotatable bonds is 0. The van der Waals surface area contributed by atoms with Crippen molar-refractivity contribution in [1.82, 2.24) is 0 Å². The first kappa shape index (κ1) is 10.4.